The SMILES string of the molecule is Cc1cccc(N([C@H](C)C(=O)Nc2ccc(Br)cc2F)S(C)(=O)=O)c1. The Morgan fingerprint density at radius 3 is 2.48 bits per heavy atom. The lowest BCUT2D eigenvalue weighted by Gasteiger charge is -2.28. The Morgan fingerprint density at radius 1 is 1.24 bits per heavy atom. The average molecular weight is 429 g/mol. The van der Waals surface area contributed by atoms with Crippen molar-refractivity contribution >= 4 is 43.2 Å². The summed E-state index contributed by atoms with van der Waals surface area (Å²) >= 11 is 3.14. The van der Waals surface area contributed by atoms with Crippen LogP contribution in [0.2, 0.25) is 0 Å². The van der Waals surface area contributed by atoms with E-state index in [1.807, 2.05) is 13.0 Å². The van der Waals surface area contributed by atoms with Gasteiger partial charge >= 0.3 is 0 Å². The summed E-state index contributed by atoms with van der Waals surface area (Å²) in [5, 5.41) is 2.43. The van der Waals surface area contributed by atoms with Crippen molar-refractivity contribution < 1.29 is 17.6 Å². The van der Waals surface area contributed by atoms with Crippen LogP contribution in [0.3, 0.4) is 0 Å². The van der Waals surface area contributed by atoms with Crippen LogP contribution < -0.4 is 9.62 Å². The lowest BCUT2D eigenvalue weighted by atomic mass is 10.2. The highest BCUT2D eigenvalue weighted by Gasteiger charge is 2.29. The summed E-state index contributed by atoms with van der Waals surface area (Å²) in [6.45, 7) is 3.28. The van der Waals surface area contributed by atoms with Crippen molar-refractivity contribution in [3.05, 3.63) is 58.3 Å². The zero-order valence-electron chi connectivity index (χ0n) is 14.0. The maximum Gasteiger partial charge on any atom is 0.248 e. The van der Waals surface area contributed by atoms with Gasteiger partial charge in [-0.25, -0.2) is 12.8 Å². The van der Waals surface area contributed by atoms with E-state index in [1.54, 1.807) is 24.3 Å². The Kier molecular flexibility index (Phi) is 5.84. The Morgan fingerprint density at radius 2 is 1.92 bits per heavy atom. The number of nitrogens with zero attached hydrogens (tertiary/aromatic N) is 1. The van der Waals surface area contributed by atoms with Gasteiger partial charge in [0.25, 0.3) is 0 Å². The first-order valence-electron chi connectivity index (χ1n) is 7.41. The molecule has 0 fully saturated rings. The molecule has 2 aromatic rings. The molecule has 0 spiro atoms. The monoisotopic (exact) mass is 428 g/mol. The van der Waals surface area contributed by atoms with Gasteiger partial charge in [0, 0.05) is 4.47 Å². The van der Waals surface area contributed by atoms with E-state index in [0.29, 0.717) is 10.2 Å². The molecule has 0 heterocycles. The van der Waals surface area contributed by atoms with Gasteiger partial charge in [0.1, 0.15) is 11.9 Å². The topological polar surface area (TPSA) is 66.5 Å². The number of carbonyl (C=O) groups is 1. The molecule has 0 unspecified atom stereocenters. The number of anilines is 2. The molecule has 0 aromatic heterocycles. The summed E-state index contributed by atoms with van der Waals surface area (Å²) in [5.74, 6) is -1.25. The lowest BCUT2D eigenvalue weighted by Crippen LogP contribution is -2.45. The van der Waals surface area contributed by atoms with Crippen LogP contribution in [-0.2, 0) is 14.8 Å². The van der Waals surface area contributed by atoms with Crippen molar-refractivity contribution in [3.8, 4) is 0 Å². The second-order valence-electron chi connectivity index (χ2n) is 5.69. The molecule has 5 nitrogen and oxygen atoms in total. The summed E-state index contributed by atoms with van der Waals surface area (Å²) in [4.78, 5) is 12.5. The predicted molar refractivity (Wildman–Crippen MR) is 101 cm³/mol. The second-order valence-corrected chi connectivity index (χ2v) is 8.46. The van der Waals surface area contributed by atoms with E-state index in [4.69, 9.17) is 0 Å². The van der Waals surface area contributed by atoms with E-state index >= 15 is 0 Å². The fourth-order valence-corrected chi connectivity index (χ4v) is 3.90. The zero-order chi connectivity index (χ0) is 18.8. The third kappa shape index (κ3) is 4.79. The van der Waals surface area contributed by atoms with Crippen LogP contribution in [0.15, 0.2) is 46.9 Å². The second kappa shape index (κ2) is 7.53. The molecule has 8 heteroatoms. The van der Waals surface area contributed by atoms with Crippen LogP contribution in [0.1, 0.15) is 12.5 Å². The van der Waals surface area contributed by atoms with Gasteiger partial charge < -0.3 is 5.32 Å². The highest BCUT2D eigenvalue weighted by atomic mass is 79.9. The molecule has 0 bridgehead atoms. The third-order valence-corrected chi connectivity index (χ3v) is 5.27. The minimum Gasteiger partial charge on any atom is -0.322 e. The molecule has 2 rings (SSSR count). The number of sulfonamides is 1. The molecular weight excluding hydrogens is 411 g/mol. The fourth-order valence-electron chi connectivity index (χ4n) is 2.40. The number of hydrogen-bond acceptors (Lipinski definition) is 3. The smallest absolute Gasteiger partial charge is 0.248 e. The number of benzene rings is 2. The number of hydrogen-bond donors (Lipinski definition) is 1. The summed E-state index contributed by atoms with van der Waals surface area (Å²) in [7, 11) is -3.72. The largest absolute Gasteiger partial charge is 0.322 e. The van der Waals surface area contributed by atoms with Crippen LogP contribution in [0.4, 0.5) is 15.8 Å². The van der Waals surface area contributed by atoms with Crippen molar-refractivity contribution in [1.29, 1.82) is 0 Å². The highest BCUT2D eigenvalue weighted by Crippen LogP contribution is 2.24. The molecule has 0 radical (unpaired) electrons. The minimum absolute atomic E-state index is 0.0160. The Labute approximate surface area is 155 Å². The van der Waals surface area contributed by atoms with Crippen LogP contribution in [0.5, 0.6) is 0 Å². The highest BCUT2D eigenvalue weighted by molar-refractivity contribution is 9.10. The van der Waals surface area contributed by atoms with Crippen LogP contribution in [-0.4, -0.2) is 26.6 Å². The summed E-state index contributed by atoms with van der Waals surface area (Å²) in [6.07, 6.45) is 1.03. The minimum atomic E-state index is -3.72. The fraction of sp³-hybridized carbons (Fsp3) is 0.235. The van der Waals surface area contributed by atoms with E-state index in [0.717, 1.165) is 16.1 Å². The molecular formula is C17H18BrFN2O3S. The van der Waals surface area contributed by atoms with Gasteiger partial charge in [-0.15, -0.1) is 0 Å². The molecule has 0 aliphatic heterocycles. The van der Waals surface area contributed by atoms with Gasteiger partial charge in [-0.2, -0.15) is 0 Å². The number of amides is 1. The quantitative estimate of drug-likeness (QED) is 0.789. The molecule has 1 atom stereocenters. The van der Waals surface area contributed by atoms with Crippen molar-refractivity contribution in [2.75, 3.05) is 15.9 Å². The van der Waals surface area contributed by atoms with Crippen LogP contribution >= 0.6 is 15.9 Å². The molecule has 0 aliphatic rings. The van der Waals surface area contributed by atoms with E-state index in [-0.39, 0.29) is 5.69 Å². The Balaban J connectivity index is 2.33. The standard InChI is InChI=1S/C17H18BrFN2O3S/c1-11-5-4-6-14(9-11)21(25(3,23)24)12(2)17(22)20-16-8-7-13(18)10-15(16)19/h4-10,12H,1-3H3,(H,20,22)/t12-/m1/s1. The molecule has 0 aliphatic carbocycles. The third-order valence-electron chi connectivity index (χ3n) is 3.53. The Bertz CT molecular complexity index is 903. The molecule has 134 valence electrons. The summed E-state index contributed by atoms with van der Waals surface area (Å²) in [6, 6.07) is 9.96. The molecule has 1 amide bonds. The van der Waals surface area contributed by atoms with E-state index in [9.17, 15) is 17.6 Å². The molecule has 2 aromatic carbocycles. The van der Waals surface area contributed by atoms with E-state index < -0.39 is 27.8 Å². The Hall–Kier alpha value is -1.93. The average Bonchev–Trinajstić information content (AvgIpc) is 2.48. The summed E-state index contributed by atoms with van der Waals surface area (Å²) < 4.78 is 39.9. The maximum absolute atomic E-state index is 13.9. The van der Waals surface area contributed by atoms with Gasteiger partial charge in [-0.3, -0.25) is 9.10 Å². The first-order valence-corrected chi connectivity index (χ1v) is 10.1. The van der Waals surface area contributed by atoms with Crippen molar-refractivity contribution in [3.63, 3.8) is 0 Å². The van der Waals surface area contributed by atoms with Crippen molar-refractivity contribution in [1.82, 2.24) is 0 Å². The van der Waals surface area contributed by atoms with E-state index in [2.05, 4.69) is 21.2 Å². The lowest BCUT2D eigenvalue weighted by molar-refractivity contribution is -0.116. The molecule has 1 N–H and O–H groups in total. The normalized spacial score (nSPS) is 12.5. The number of carbonyl (C=O) groups excluding carboxylic acids is 1. The van der Waals surface area contributed by atoms with Crippen molar-refractivity contribution in [2.45, 2.75) is 19.9 Å². The number of nitrogens with one attached hydrogen (secondary N) is 1. The van der Waals surface area contributed by atoms with Gasteiger partial charge in [-0.1, -0.05) is 28.1 Å². The summed E-state index contributed by atoms with van der Waals surface area (Å²) in [5.41, 5.74) is 1.22. The van der Waals surface area contributed by atoms with Gasteiger partial charge in [0.2, 0.25) is 15.9 Å². The number of rotatable bonds is 5. The van der Waals surface area contributed by atoms with Crippen LogP contribution in [0, 0.1) is 12.7 Å². The predicted octanol–water partition coefficient (Wildman–Crippen LogP) is 3.69. The van der Waals surface area contributed by atoms with Gasteiger partial charge in [0.15, 0.2) is 0 Å². The molecule has 0 saturated heterocycles. The number of halogens is 2. The van der Waals surface area contributed by atoms with E-state index in [1.165, 1.54) is 19.1 Å². The molecule has 0 saturated carbocycles. The molecule has 25 heavy (non-hydrogen) atoms. The number of aryl methyl sites for hydroxylation is 1. The first kappa shape index (κ1) is 19.4. The maximum atomic E-state index is 13.9. The first-order chi connectivity index (χ1) is 11.6. The van der Waals surface area contributed by atoms with Crippen molar-refractivity contribution in [2.24, 2.45) is 0 Å². The van der Waals surface area contributed by atoms with Crippen LogP contribution in [0.25, 0.3) is 0 Å². The van der Waals surface area contributed by atoms with Gasteiger partial charge in [-0.05, 0) is 49.7 Å². The van der Waals surface area contributed by atoms with Gasteiger partial charge in [0.05, 0.1) is 17.6 Å². The zero-order valence-corrected chi connectivity index (χ0v) is 16.4.